The molecule has 1 aliphatic heterocycles. The Morgan fingerprint density at radius 3 is 2.50 bits per heavy atom. The molecule has 0 amide bonds. The van der Waals surface area contributed by atoms with Gasteiger partial charge in [0.15, 0.2) is 0 Å². The van der Waals surface area contributed by atoms with Crippen LogP contribution in [0.1, 0.15) is 23.7 Å². The molecule has 1 unspecified atom stereocenters. The van der Waals surface area contributed by atoms with E-state index in [9.17, 15) is 0 Å². The van der Waals surface area contributed by atoms with Crippen LogP contribution in [0.2, 0.25) is 5.02 Å². The van der Waals surface area contributed by atoms with Crippen molar-refractivity contribution in [3.63, 3.8) is 0 Å². The summed E-state index contributed by atoms with van der Waals surface area (Å²) < 4.78 is 6.31. The maximum absolute atomic E-state index is 6.31. The van der Waals surface area contributed by atoms with Crippen LogP contribution < -0.4 is 0 Å². The fourth-order valence-corrected chi connectivity index (χ4v) is 4.02. The molecule has 24 heavy (non-hydrogen) atoms. The lowest BCUT2D eigenvalue weighted by molar-refractivity contribution is 0.0614. The summed E-state index contributed by atoms with van der Waals surface area (Å²) in [6.45, 7) is 4.10. The van der Waals surface area contributed by atoms with Gasteiger partial charge in [-0.15, -0.1) is 0 Å². The zero-order valence-corrected chi connectivity index (χ0v) is 15.4. The summed E-state index contributed by atoms with van der Waals surface area (Å²) in [5.74, 6) is 2.52. The van der Waals surface area contributed by atoms with Gasteiger partial charge in [0, 0.05) is 23.9 Å². The smallest absolute Gasteiger partial charge is 0.108 e. The van der Waals surface area contributed by atoms with Gasteiger partial charge in [0.05, 0.1) is 6.61 Å². The Kier molecular flexibility index (Phi) is 7.03. The molecule has 1 saturated heterocycles. The summed E-state index contributed by atoms with van der Waals surface area (Å²) in [5, 5.41) is 0.757. The molecule has 0 bridgehead atoms. The van der Waals surface area contributed by atoms with Gasteiger partial charge in [0.2, 0.25) is 0 Å². The van der Waals surface area contributed by atoms with Gasteiger partial charge in [-0.25, -0.2) is 0 Å². The van der Waals surface area contributed by atoms with E-state index in [-0.39, 0.29) is 6.10 Å². The minimum absolute atomic E-state index is 0.0372. The third-order valence-electron chi connectivity index (χ3n) is 4.28. The molecule has 0 N–H and O–H groups in total. The van der Waals surface area contributed by atoms with Crippen LogP contribution in [-0.2, 0) is 4.74 Å². The molecule has 1 heterocycles. The second-order valence-corrected chi connectivity index (χ2v) is 7.68. The molecule has 3 rings (SSSR count). The van der Waals surface area contributed by atoms with Crippen LogP contribution in [0.5, 0.6) is 0 Å². The first kappa shape index (κ1) is 17.8. The van der Waals surface area contributed by atoms with E-state index in [0.29, 0.717) is 0 Å². The number of ether oxygens (including phenoxy) is 1. The van der Waals surface area contributed by atoms with Crippen molar-refractivity contribution < 1.29 is 4.74 Å². The monoisotopic (exact) mass is 361 g/mol. The summed E-state index contributed by atoms with van der Waals surface area (Å²) in [6.07, 6.45) is 1.24. The van der Waals surface area contributed by atoms with Gasteiger partial charge in [-0.2, -0.15) is 11.8 Å². The lowest BCUT2D eigenvalue weighted by Gasteiger charge is -2.23. The van der Waals surface area contributed by atoms with E-state index in [2.05, 4.69) is 53.1 Å². The minimum Gasteiger partial charge on any atom is -0.367 e. The lowest BCUT2D eigenvalue weighted by Crippen LogP contribution is -2.30. The minimum atomic E-state index is -0.0372. The van der Waals surface area contributed by atoms with Crippen molar-refractivity contribution in [3.8, 4) is 0 Å². The standard InChI is InChI=1S/C20H24ClNOS/c21-19-9-7-18(8-10-19)20(17-5-2-1-3-6-17)23-14-12-22-11-4-15-24-16-13-22/h1-3,5-10,20H,4,11-16H2. The molecule has 1 aliphatic rings. The lowest BCUT2D eigenvalue weighted by atomic mass is 10.0. The van der Waals surface area contributed by atoms with E-state index < -0.39 is 0 Å². The number of thioether (sulfide) groups is 1. The van der Waals surface area contributed by atoms with Crippen LogP contribution in [0.15, 0.2) is 54.6 Å². The number of benzene rings is 2. The Morgan fingerprint density at radius 2 is 1.71 bits per heavy atom. The molecule has 128 valence electrons. The Balaban J connectivity index is 1.65. The van der Waals surface area contributed by atoms with E-state index in [1.54, 1.807) is 0 Å². The molecule has 0 aliphatic carbocycles. The summed E-state index contributed by atoms with van der Waals surface area (Å²) >= 11 is 8.09. The topological polar surface area (TPSA) is 12.5 Å². The number of halogens is 1. The quantitative estimate of drug-likeness (QED) is 0.727. The van der Waals surface area contributed by atoms with Crippen LogP contribution in [0.4, 0.5) is 0 Å². The average molecular weight is 362 g/mol. The molecule has 0 radical (unpaired) electrons. The highest BCUT2D eigenvalue weighted by atomic mass is 35.5. The first-order valence-electron chi connectivity index (χ1n) is 8.55. The fraction of sp³-hybridized carbons (Fsp3) is 0.400. The van der Waals surface area contributed by atoms with Gasteiger partial charge in [-0.3, -0.25) is 0 Å². The highest BCUT2D eigenvalue weighted by molar-refractivity contribution is 7.99. The molecule has 0 aromatic heterocycles. The van der Waals surface area contributed by atoms with Gasteiger partial charge in [0.25, 0.3) is 0 Å². The van der Waals surface area contributed by atoms with Gasteiger partial charge >= 0.3 is 0 Å². The van der Waals surface area contributed by atoms with Crippen LogP contribution >= 0.6 is 23.4 Å². The zero-order valence-electron chi connectivity index (χ0n) is 13.9. The number of rotatable bonds is 6. The fourth-order valence-electron chi connectivity index (χ4n) is 2.97. The molecule has 2 nitrogen and oxygen atoms in total. The molecule has 1 atom stereocenters. The highest BCUT2D eigenvalue weighted by Crippen LogP contribution is 2.27. The predicted octanol–water partition coefficient (Wildman–Crippen LogP) is 4.88. The maximum Gasteiger partial charge on any atom is 0.108 e. The molecule has 2 aromatic carbocycles. The van der Waals surface area contributed by atoms with Crippen molar-refractivity contribution >= 4 is 23.4 Å². The molecule has 0 spiro atoms. The van der Waals surface area contributed by atoms with Crippen LogP contribution in [0.25, 0.3) is 0 Å². The summed E-state index contributed by atoms with van der Waals surface area (Å²) in [5.41, 5.74) is 2.34. The molecule has 4 heteroatoms. The maximum atomic E-state index is 6.31. The normalized spacial score (nSPS) is 17.4. The van der Waals surface area contributed by atoms with Gasteiger partial charge in [0.1, 0.15) is 6.10 Å². The summed E-state index contributed by atoms with van der Waals surface area (Å²) in [4.78, 5) is 2.52. The number of hydrogen-bond acceptors (Lipinski definition) is 3. The molecular weight excluding hydrogens is 338 g/mol. The predicted molar refractivity (Wildman–Crippen MR) is 104 cm³/mol. The van der Waals surface area contributed by atoms with Gasteiger partial charge in [-0.05, 0) is 42.0 Å². The van der Waals surface area contributed by atoms with E-state index in [1.165, 1.54) is 36.6 Å². The summed E-state index contributed by atoms with van der Waals surface area (Å²) in [7, 11) is 0. The van der Waals surface area contributed by atoms with Crippen LogP contribution in [0, 0.1) is 0 Å². The first-order valence-corrected chi connectivity index (χ1v) is 10.1. The van der Waals surface area contributed by atoms with E-state index in [4.69, 9.17) is 16.3 Å². The second-order valence-electron chi connectivity index (χ2n) is 6.02. The third-order valence-corrected chi connectivity index (χ3v) is 5.58. The van der Waals surface area contributed by atoms with Crippen molar-refractivity contribution in [2.24, 2.45) is 0 Å². The Hall–Kier alpha value is -1.00. The van der Waals surface area contributed by atoms with Crippen molar-refractivity contribution in [2.75, 3.05) is 37.7 Å². The molecule has 0 saturated carbocycles. The Labute approximate surface area is 154 Å². The van der Waals surface area contributed by atoms with Crippen molar-refractivity contribution in [2.45, 2.75) is 12.5 Å². The Morgan fingerprint density at radius 1 is 0.958 bits per heavy atom. The number of nitrogens with zero attached hydrogens (tertiary/aromatic N) is 1. The Bertz CT molecular complexity index is 597. The molecule has 2 aromatic rings. The largest absolute Gasteiger partial charge is 0.367 e. The first-order chi connectivity index (χ1) is 11.8. The van der Waals surface area contributed by atoms with Crippen molar-refractivity contribution in [3.05, 3.63) is 70.7 Å². The van der Waals surface area contributed by atoms with Crippen LogP contribution in [-0.4, -0.2) is 42.6 Å². The van der Waals surface area contributed by atoms with Crippen molar-refractivity contribution in [1.82, 2.24) is 4.90 Å². The van der Waals surface area contributed by atoms with Crippen LogP contribution in [0.3, 0.4) is 0 Å². The number of hydrogen-bond donors (Lipinski definition) is 0. The van der Waals surface area contributed by atoms with E-state index >= 15 is 0 Å². The van der Waals surface area contributed by atoms with E-state index in [1.807, 2.05) is 18.2 Å². The third kappa shape index (κ3) is 5.25. The van der Waals surface area contributed by atoms with Crippen molar-refractivity contribution in [1.29, 1.82) is 0 Å². The summed E-state index contributed by atoms with van der Waals surface area (Å²) in [6, 6.07) is 18.4. The SMILES string of the molecule is Clc1ccc(C(OCCN2CCCSCC2)c2ccccc2)cc1. The molecular formula is C20H24ClNOS. The highest BCUT2D eigenvalue weighted by Gasteiger charge is 2.16. The average Bonchev–Trinajstić information content (AvgIpc) is 2.89. The molecule has 1 fully saturated rings. The zero-order chi connectivity index (χ0) is 16.6. The second kappa shape index (κ2) is 9.47. The van der Waals surface area contributed by atoms with Gasteiger partial charge in [-0.1, -0.05) is 54.1 Å². The van der Waals surface area contributed by atoms with E-state index in [0.717, 1.165) is 23.7 Å². The van der Waals surface area contributed by atoms with Gasteiger partial charge < -0.3 is 9.64 Å².